The second kappa shape index (κ2) is 4.72. The average molecular weight is 210 g/mol. The predicted octanol–water partition coefficient (Wildman–Crippen LogP) is 0.0657. The molecule has 0 saturated heterocycles. The predicted molar refractivity (Wildman–Crippen MR) is 56.1 cm³/mol. The van der Waals surface area contributed by atoms with Gasteiger partial charge in [0, 0.05) is 32.4 Å². The van der Waals surface area contributed by atoms with E-state index in [1.807, 2.05) is 13.2 Å². The van der Waals surface area contributed by atoms with Crippen LogP contribution in [0.3, 0.4) is 0 Å². The monoisotopic (exact) mass is 210 g/mol. The molecule has 1 aromatic heterocycles. The maximum absolute atomic E-state index is 9.17. The molecule has 15 heavy (non-hydrogen) atoms. The molecule has 2 rings (SSSR count). The first kappa shape index (κ1) is 10.6. The summed E-state index contributed by atoms with van der Waals surface area (Å²) in [4.78, 5) is 0. The maximum atomic E-state index is 9.17. The highest BCUT2D eigenvalue weighted by molar-refractivity contribution is 4.93. The molecule has 5 heteroatoms. The van der Waals surface area contributed by atoms with Crippen LogP contribution in [0.2, 0.25) is 0 Å². The Balaban J connectivity index is 1.82. The zero-order chi connectivity index (χ0) is 10.7. The summed E-state index contributed by atoms with van der Waals surface area (Å²) < 4.78 is 1.70. The zero-order valence-electron chi connectivity index (χ0n) is 9.06. The average Bonchev–Trinajstić information content (AvgIpc) is 2.83. The van der Waals surface area contributed by atoms with Gasteiger partial charge in [0.05, 0.1) is 5.69 Å². The molecule has 0 spiro atoms. The molecule has 0 amide bonds. The minimum atomic E-state index is 0.290. The molecule has 0 bridgehead atoms. The third-order valence-electron chi connectivity index (χ3n) is 3.09. The van der Waals surface area contributed by atoms with Crippen LogP contribution in [0.25, 0.3) is 0 Å². The normalized spacial score (nSPS) is 26.0. The van der Waals surface area contributed by atoms with Gasteiger partial charge in [-0.1, -0.05) is 11.6 Å². The van der Waals surface area contributed by atoms with Crippen LogP contribution in [0.15, 0.2) is 6.20 Å². The Hall–Kier alpha value is -0.940. The van der Waals surface area contributed by atoms with Gasteiger partial charge in [-0.05, 0) is 18.8 Å². The number of aliphatic hydroxyl groups excluding tert-OH is 1. The van der Waals surface area contributed by atoms with Gasteiger partial charge in [-0.15, -0.1) is 5.10 Å². The smallest absolute Gasteiger partial charge is 0.0964 e. The Morgan fingerprint density at radius 2 is 2.47 bits per heavy atom. The fourth-order valence-electron chi connectivity index (χ4n) is 2.24. The van der Waals surface area contributed by atoms with E-state index >= 15 is 0 Å². The van der Waals surface area contributed by atoms with E-state index in [1.165, 1.54) is 6.42 Å². The fourth-order valence-corrected chi connectivity index (χ4v) is 2.24. The molecule has 1 aliphatic carbocycles. The number of rotatable bonds is 4. The van der Waals surface area contributed by atoms with Gasteiger partial charge < -0.3 is 10.4 Å². The molecular weight excluding hydrogens is 192 g/mol. The van der Waals surface area contributed by atoms with Crippen molar-refractivity contribution in [3.05, 3.63) is 11.9 Å². The maximum Gasteiger partial charge on any atom is 0.0964 e. The largest absolute Gasteiger partial charge is 0.396 e. The van der Waals surface area contributed by atoms with E-state index in [-0.39, 0.29) is 6.61 Å². The van der Waals surface area contributed by atoms with Crippen molar-refractivity contribution >= 4 is 0 Å². The number of hydrogen-bond acceptors (Lipinski definition) is 4. The lowest BCUT2D eigenvalue weighted by Gasteiger charge is -2.17. The highest BCUT2D eigenvalue weighted by Gasteiger charge is 2.25. The summed E-state index contributed by atoms with van der Waals surface area (Å²) >= 11 is 0. The van der Waals surface area contributed by atoms with Crippen molar-refractivity contribution in [3.63, 3.8) is 0 Å². The van der Waals surface area contributed by atoms with Crippen molar-refractivity contribution in [1.82, 2.24) is 20.3 Å². The lowest BCUT2D eigenvalue weighted by Crippen LogP contribution is -2.33. The van der Waals surface area contributed by atoms with Crippen LogP contribution in [0, 0.1) is 5.92 Å². The second-order valence-electron chi connectivity index (χ2n) is 4.24. The lowest BCUT2D eigenvalue weighted by molar-refractivity contribution is 0.205. The van der Waals surface area contributed by atoms with Gasteiger partial charge in [0.15, 0.2) is 0 Å². The van der Waals surface area contributed by atoms with Crippen molar-refractivity contribution in [2.75, 3.05) is 6.61 Å². The number of aryl methyl sites for hydroxylation is 1. The van der Waals surface area contributed by atoms with E-state index in [1.54, 1.807) is 4.68 Å². The molecule has 84 valence electrons. The van der Waals surface area contributed by atoms with Crippen LogP contribution >= 0.6 is 0 Å². The van der Waals surface area contributed by atoms with E-state index in [2.05, 4.69) is 15.6 Å². The first-order valence-electron chi connectivity index (χ1n) is 5.49. The number of aliphatic hydroxyl groups is 1. The van der Waals surface area contributed by atoms with Crippen LogP contribution in [0.4, 0.5) is 0 Å². The first-order chi connectivity index (χ1) is 7.29. The van der Waals surface area contributed by atoms with Gasteiger partial charge in [-0.2, -0.15) is 0 Å². The Morgan fingerprint density at radius 1 is 1.60 bits per heavy atom. The third-order valence-corrected chi connectivity index (χ3v) is 3.09. The summed E-state index contributed by atoms with van der Waals surface area (Å²) in [6, 6.07) is 0.442. The summed E-state index contributed by atoms with van der Waals surface area (Å²) in [6.45, 7) is 1.03. The Bertz CT molecular complexity index is 312. The van der Waals surface area contributed by atoms with Crippen molar-refractivity contribution in [3.8, 4) is 0 Å². The Labute approximate surface area is 89.5 Å². The Morgan fingerprint density at radius 3 is 3.13 bits per heavy atom. The molecular formula is C10H18N4O. The molecule has 2 N–H and O–H groups in total. The summed E-state index contributed by atoms with van der Waals surface area (Å²) in [6.07, 6.45) is 5.42. The first-order valence-corrected chi connectivity index (χ1v) is 5.49. The molecule has 1 aromatic rings. The van der Waals surface area contributed by atoms with Crippen LogP contribution in [0.1, 0.15) is 25.0 Å². The molecule has 0 aliphatic heterocycles. The minimum absolute atomic E-state index is 0.290. The Kier molecular flexibility index (Phi) is 3.33. The van der Waals surface area contributed by atoms with Crippen LogP contribution in [0.5, 0.6) is 0 Å². The van der Waals surface area contributed by atoms with Crippen LogP contribution < -0.4 is 5.32 Å². The van der Waals surface area contributed by atoms with E-state index in [4.69, 9.17) is 5.11 Å². The summed E-state index contributed by atoms with van der Waals surface area (Å²) in [7, 11) is 1.86. The molecule has 2 unspecified atom stereocenters. The molecule has 5 nitrogen and oxygen atoms in total. The van der Waals surface area contributed by atoms with Gasteiger partial charge in [0.25, 0.3) is 0 Å². The number of hydrogen-bond donors (Lipinski definition) is 2. The van der Waals surface area contributed by atoms with E-state index < -0.39 is 0 Å². The number of nitrogens with one attached hydrogen (secondary N) is 1. The topological polar surface area (TPSA) is 63.0 Å². The second-order valence-corrected chi connectivity index (χ2v) is 4.24. The van der Waals surface area contributed by atoms with Crippen LogP contribution in [-0.2, 0) is 13.6 Å². The van der Waals surface area contributed by atoms with Crippen LogP contribution in [-0.4, -0.2) is 32.7 Å². The van der Waals surface area contributed by atoms with Gasteiger partial charge in [0.1, 0.15) is 0 Å². The molecule has 1 aliphatic rings. The highest BCUT2D eigenvalue weighted by Crippen LogP contribution is 2.25. The molecule has 0 radical (unpaired) electrons. The van der Waals surface area contributed by atoms with Gasteiger partial charge in [-0.3, -0.25) is 4.68 Å². The molecule has 1 saturated carbocycles. The molecule has 0 aromatic carbocycles. The van der Waals surface area contributed by atoms with Gasteiger partial charge >= 0.3 is 0 Å². The van der Waals surface area contributed by atoms with E-state index in [9.17, 15) is 0 Å². The number of nitrogens with zero attached hydrogens (tertiary/aromatic N) is 3. The third kappa shape index (κ3) is 2.54. The van der Waals surface area contributed by atoms with Crippen molar-refractivity contribution < 1.29 is 5.11 Å². The lowest BCUT2D eigenvalue weighted by atomic mass is 10.1. The van der Waals surface area contributed by atoms with Crippen molar-refractivity contribution in [2.24, 2.45) is 13.0 Å². The van der Waals surface area contributed by atoms with E-state index in [0.29, 0.717) is 12.0 Å². The fraction of sp³-hybridized carbons (Fsp3) is 0.800. The molecule has 1 heterocycles. The summed E-state index contributed by atoms with van der Waals surface area (Å²) in [5.41, 5.74) is 0.959. The van der Waals surface area contributed by atoms with Gasteiger partial charge in [-0.25, -0.2) is 0 Å². The SMILES string of the molecule is Cn1cc(CNC2CCCC2CO)nn1. The standard InChI is InChI=1S/C10H18N4O/c1-14-6-9(12-13-14)5-11-10-4-2-3-8(10)7-15/h6,8,10-11,15H,2-5,7H2,1H3. The minimum Gasteiger partial charge on any atom is -0.396 e. The zero-order valence-corrected chi connectivity index (χ0v) is 9.06. The summed E-state index contributed by atoms with van der Waals surface area (Å²) in [5, 5.41) is 20.5. The molecule has 1 fully saturated rings. The summed E-state index contributed by atoms with van der Waals surface area (Å²) in [5.74, 6) is 0.418. The van der Waals surface area contributed by atoms with Crippen molar-refractivity contribution in [1.29, 1.82) is 0 Å². The molecule has 2 atom stereocenters. The van der Waals surface area contributed by atoms with E-state index in [0.717, 1.165) is 25.1 Å². The van der Waals surface area contributed by atoms with Crippen molar-refractivity contribution in [2.45, 2.75) is 31.8 Å². The highest BCUT2D eigenvalue weighted by atomic mass is 16.3. The quantitative estimate of drug-likeness (QED) is 0.738. The van der Waals surface area contributed by atoms with Gasteiger partial charge in [0.2, 0.25) is 0 Å². The number of aromatic nitrogens is 3.